The van der Waals surface area contributed by atoms with Gasteiger partial charge in [0.25, 0.3) is 0 Å². The Balaban J connectivity index is 1.69. The highest BCUT2D eigenvalue weighted by Gasteiger charge is 2.19. The van der Waals surface area contributed by atoms with Crippen molar-refractivity contribution in [1.29, 1.82) is 0 Å². The number of hydrogen-bond donors (Lipinski definition) is 1. The number of rotatable bonds is 8. The van der Waals surface area contributed by atoms with Crippen LogP contribution in [0, 0.1) is 0 Å². The minimum Gasteiger partial charge on any atom is -0.479 e. The lowest BCUT2D eigenvalue weighted by Gasteiger charge is -2.16. The molecule has 6 heteroatoms. The van der Waals surface area contributed by atoms with Crippen molar-refractivity contribution in [3.05, 3.63) is 70.9 Å². The lowest BCUT2D eigenvalue weighted by atomic mass is 10.1. The number of H-pyrrole nitrogens is 1. The fourth-order valence-electron chi connectivity index (χ4n) is 2.91. The van der Waals surface area contributed by atoms with Crippen LogP contribution in [0.25, 0.3) is 17.0 Å². The molecule has 0 bridgehead atoms. The van der Waals surface area contributed by atoms with E-state index in [9.17, 15) is 9.59 Å². The van der Waals surface area contributed by atoms with Gasteiger partial charge >= 0.3 is 5.97 Å². The number of esters is 1. The Labute approximate surface area is 174 Å². The summed E-state index contributed by atoms with van der Waals surface area (Å²) in [5, 5.41) is 1.59. The van der Waals surface area contributed by atoms with Gasteiger partial charge in [0.15, 0.2) is 11.9 Å². The molecule has 3 rings (SSSR count). The Morgan fingerprint density at radius 3 is 2.59 bits per heavy atom. The summed E-state index contributed by atoms with van der Waals surface area (Å²) in [5.74, 6) is -0.0148. The monoisotopic (exact) mass is 411 g/mol. The summed E-state index contributed by atoms with van der Waals surface area (Å²) in [4.78, 5) is 27.5. The molecule has 0 spiro atoms. The van der Waals surface area contributed by atoms with Crippen LogP contribution in [0.15, 0.2) is 54.7 Å². The number of hydrogen-bond acceptors (Lipinski definition) is 4. The van der Waals surface area contributed by atoms with Crippen LogP contribution >= 0.6 is 11.6 Å². The van der Waals surface area contributed by atoms with Gasteiger partial charge in [-0.15, -0.1) is 0 Å². The van der Waals surface area contributed by atoms with Crippen LogP contribution in [0.4, 0.5) is 0 Å². The van der Waals surface area contributed by atoms with Gasteiger partial charge in [-0.1, -0.05) is 18.5 Å². The average Bonchev–Trinajstić information content (AvgIpc) is 3.12. The Kier molecular flexibility index (Phi) is 6.73. The minimum atomic E-state index is -0.662. The number of carbonyl (C=O) groups excluding carboxylic acids is 2. The molecule has 0 aliphatic rings. The second kappa shape index (κ2) is 9.43. The molecule has 0 radical (unpaired) electrons. The van der Waals surface area contributed by atoms with Crippen LogP contribution < -0.4 is 4.74 Å². The van der Waals surface area contributed by atoms with Crippen LogP contribution in [0.5, 0.6) is 5.75 Å². The number of halogens is 1. The van der Waals surface area contributed by atoms with Crippen molar-refractivity contribution in [2.45, 2.75) is 26.4 Å². The number of allylic oxidation sites excluding steroid dienone is 1. The molecule has 2 aromatic carbocycles. The highest BCUT2D eigenvalue weighted by Crippen LogP contribution is 2.23. The van der Waals surface area contributed by atoms with E-state index in [1.54, 1.807) is 37.3 Å². The third kappa shape index (κ3) is 5.06. The maximum absolute atomic E-state index is 12.5. The molecule has 0 fully saturated rings. The predicted octanol–water partition coefficient (Wildman–Crippen LogP) is 5.44. The molecule has 0 aliphatic carbocycles. The maximum atomic E-state index is 12.5. The molecule has 5 nitrogen and oxygen atoms in total. The van der Waals surface area contributed by atoms with Crippen molar-refractivity contribution in [3.63, 3.8) is 0 Å². The first kappa shape index (κ1) is 20.7. The summed E-state index contributed by atoms with van der Waals surface area (Å²) >= 11 is 6.06. The predicted molar refractivity (Wildman–Crippen MR) is 114 cm³/mol. The van der Waals surface area contributed by atoms with E-state index in [4.69, 9.17) is 21.1 Å². The van der Waals surface area contributed by atoms with Gasteiger partial charge in [-0.25, -0.2) is 4.79 Å². The van der Waals surface area contributed by atoms with Crippen LogP contribution in [-0.2, 0) is 9.53 Å². The first-order valence-corrected chi connectivity index (χ1v) is 9.82. The zero-order chi connectivity index (χ0) is 20.8. The fourth-order valence-corrected chi connectivity index (χ4v) is 3.08. The fraction of sp³-hybridized carbons (Fsp3) is 0.217. The molecule has 0 aliphatic heterocycles. The van der Waals surface area contributed by atoms with E-state index >= 15 is 0 Å². The summed E-state index contributed by atoms with van der Waals surface area (Å²) in [6.07, 6.45) is 4.95. The second-order valence-electron chi connectivity index (χ2n) is 6.42. The first-order chi connectivity index (χ1) is 14.0. The normalized spacial score (nSPS) is 12.2. The van der Waals surface area contributed by atoms with E-state index in [0.29, 0.717) is 29.4 Å². The van der Waals surface area contributed by atoms with Gasteiger partial charge in [-0.3, -0.25) is 4.79 Å². The maximum Gasteiger partial charge on any atom is 0.347 e. The molecule has 1 heterocycles. The summed E-state index contributed by atoms with van der Waals surface area (Å²) in [5.41, 5.74) is 2.36. The number of nitrogens with one attached hydrogen (secondary N) is 1. The highest BCUT2D eigenvalue weighted by molar-refractivity contribution is 6.31. The average molecular weight is 412 g/mol. The molecule has 29 heavy (non-hydrogen) atoms. The van der Waals surface area contributed by atoms with Crippen LogP contribution in [-0.4, -0.2) is 29.4 Å². The van der Waals surface area contributed by atoms with Crippen molar-refractivity contribution in [2.24, 2.45) is 0 Å². The smallest absolute Gasteiger partial charge is 0.347 e. The number of fused-ring (bicyclic) bond motifs is 1. The van der Waals surface area contributed by atoms with Gasteiger partial charge < -0.3 is 14.5 Å². The largest absolute Gasteiger partial charge is 0.479 e. The molecule has 1 N–H and O–H groups in total. The minimum absolute atomic E-state index is 0.134. The SMILES string of the molecule is CCOC(=O)C(CC)Oc1ccc(C(=O)/C=C/c2c[nH]c3ccc(Cl)cc23)cc1. The van der Waals surface area contributed by atoms with Gasteiger partial charge in [-0.05, 0) is 73.5 Å². The molecule has 150 valence electrons. The van der Waals surface area contributed by atoms with E-state index in [1.165, 1.54) is 6.08 Å². The number of benzene rings is 2. The van der Waals surface area contributed by atoms with Crippen LogP contribution in [0.2, 0.25) is 5.02 Å². The molecular weight excluding hydrogens is 390 g/mol. The Morgan fingerprint density at radius 2 is 1.90 bits per heavy atom. The number of aromatic nitrogens is 1. The number of ketones is 1. The topological polar surface area (TPSA) is 68.4 Å². The van der Waals surface area contributed by atoms with Gasteiger partial charge in [0, 0.05) is 27.7 Å². The summed E-state index contributed by atoms with van der Waals surface area (Å²) in [6, 6.07) is 12.3. The van der Waals surface area contributed by atoms with E-state index in [2.05, 4.69) is 4.98 Å². The Morgan fingerprint density at radius 1 is 1.14 bits per heavy atom. The van der Waals surface area contributed by atoms with Gasteiger partial charge in [-0.2, -0.15) is 0 Å². The standard InChI is InChI=1S/C23H22ClNO4/c1-3-22(23(27)28-4-2)29-18-9-5-15(6-10-18)21(26)12-7-16-14-25-20-11-8-17(24)13-19(16)20/h5-14,22,25H,3-4H2,1-2H3/b12-7+. The molecular formula is C23H22ClNO4. The van der Waals surface area contributed by atoms with Gasteiger partial charge in [0.1, 0.15) is 5.75 Å². The molecule has 3 aromatic rings. The molecule has 1 atom stereocenters. The van der Waals surface area contributed by atoms with Gasteiger partial charge in [0.05, 0.1) is 6.61 Å². The van der Waals surface area contributed by atoms with Crippen molar-refractivity contribution in [3.8, 4) is 5.75 Å². The van der Waals surface area contributed by atoms with E-state index in [0.717, 1.165) is 16.5 Å². The number of carbonyl (C=O) groups is 2. The highest BCUT2D eigenvalue weighted by atomic mass is 35.5. The number of aromatic amines is 1. The van der Waals surface area contributed by atoms with E-state index < -0.39 is 12.1 Å². The van der Waals surface area contributed by atoms with Crippen LogP contribution in [0.1, 0.15) is 36.2 Å². The quantitative estimate of drug-likeness (QED) is 0.304. The summed E-state index contributed by atoms with van der Waals surface area (Å²) < 4.78 is 10.7. The van der Waals surface area contributed by atoms with E-state index in [1.807, 2.05) is 31.3 Å². The zero-order valence-electron chi connectivity index (χ0n) is 16.3. The van der Waals surface area contributed by atoms with Crippen molar-refractivity contribution < 1.29 is 19.1 Å². The zero-order valence-corrected chi connectivity index (χ0v) is 17.0. The lowest BCUT2D eigenvalue weighted by Crippen LogP contribution is -2.28. The van der Waals surface area contributed by atoms with Crippen molar-refractivity contribution in [1.82, 2.24) is 4.98 Å². The Hall–Kier alpha value is -3.05. The second-order valence-corrected chi connectivity index (χ2v) is 6.86. The number of ether oxygens (including phenoxy) is 2. The van der Waals surface area contributed by atoms with Crippen molar-refractivity contribution in [2.75, 3.05) is 6.61 Å². The molecule has 1 unspecified atom stereocenters. The molecule has 0 saturated carbocycles. The Bertz CT molecular complexity index is 1040. The van der Waals surface area contributed by atoms with Crippen molar-refractivity contribution >= 4 is 40.3 Å². The van der Waals surface area contributed by atoms with E-state index in [-0.39, 0.29) is 5.78 Å². The van der Waals surface area contributed by atoms with Gasteiger partial charge in [0.2, 0.25) is 0 Å². The summed E-state index contributed by atoms with van der Waals surface area (Å²) in [6.45, 7) is 3.91. The third-order valence-electron chi connectivity index (χ3n) is 4.43. The molecule has 1 aromatic heterocycles. The summed E-state index contributed by atoms with van der Waals surface area (Å²) in [7, 11) is 0. The molecule has 0 amide bonds. The van der Waals surface area contributed by atoms with Crippen LogP contribution in [0.3, 0.4) is 0 Å². The first-order valence-electron chi connectivity index (χ1n) is 9.44. The third-order valence-corrected chi connectivity index (χ3v) is 4.66. The lowest BCUT2D eigenvalue weighted by molar-refractivity contribution is -0.151. The molecule has 0 saturated heterocycles.